The van der Waals surface area contributed by atoms with E-state index in [2.05, 4.69) is 71.8 Å². The van der Waals surface area contributed by atoms with Gasteiger partial charge in [0.25, 0.3) is 0 Å². The van der Waals surface area contributed by atoms with Gasteiger partial charge in [0.15, 0.2) is 0 Å². The van der Waals surface area contributed by atoms with Crippen molar-refractivity contribution in [2.45, 2.75) is 52.2 Å². The summed E-state index contributed by atoms with van der Waals surface area (Å²) >= 11 is 6.57. The molecule has 8 heteroatoms. The van der Waals surface area contributed by atoms with Crippen LogP contribution in [0.2, 0.25) is 5.02 Å². The Hall–Kier alpha value is -3.63. The van der Waals surface area contributed by atoms with Crippen LogP contribution in [0.15, 0.2) is 54.9 Å². The molecule has 0 radical (unpaired) electrons. The van der Waals surface area contributed by atoms with Crippen molar-refractivity contribution in [2.75, 3.05) is 10.6 Å². The number of benzene rings is 2. The standard InChI is InChI=1S/C26H28ClN7/c1-5-17(4)30-24-19(13-28)14-29-26-21(24)11-20(27)12-22(26)31-25(18-9-7-6-8-10-18)23-15-34(16(2)3)33-32-23/h6-12,14-17,25,31H,5H2,1-4H3,(H,29,30)/t17-,25+/m1/s1. The fraction of sp³-hybridized carbons (Fsp3) is 0.308. The van der Waals surface area contributed by atoms with Gasteiger partial charge in [-0.15, -0.1) is 5.10 Å². The van der Waals surface area contributed by atoms with Gasteiger partial charge in [-0.25, -0.2) is 4.68 Å². The molecule has 0 aliphatic carbocycles. The van der Waals surface area contributed by atoms with Crippen LogP contribution in [-0.4, -0.2) is 26.0 Å². The third-order valence-electron chi connectivity index (χ3n) is 5.85. The van der Waals surface area contributed by atoms with Crippen LogP contribution < -0.4 is 10.6 Å². The van der Waals surface area contributed by atoms with E-state index in [1.807, 2.05) is 41.2 Å². The molecule has 2 heterocycles. The Morgan fingerprint density at radius 3 is 2.53 bits per heavy atom. The number of nitrogens with one attached hydrogen (secondary N) is 2. The zero-order chi connectivity index (χ0) is 24.2. The van der Waals surface area contributed by atoms with Crippen molar-refractivity contribution in [3.05, 3.63) is 76.7 Å². The second-order valence-corrected chi connectivity index (χ2v) is 9.10. The van der Waals surface area contributed by atoms with Crippen molar-refractivity contribution in [3.63, 3.8) is 0 Å². The molecule has 0 amide bonds. The summed E-state index contributed by atoms with van der Waals surface area (Å²) in [5.41, 5.74) is 4.55. The van der Waals surface area contributed by atoms with Crippen molar-refractivity contribution in [2.24, 2.45) is 0 Å². The van der Waals surface area contributed by atoms with E-state index in [9.17, 15) is 5.26 Å². The first-order chi connectivity index (χ1) is 16.4. The van der Waals surface area contributed by atoms with E-state index >= 15 is 0 Å². The molecule has 2 atom stereocenters. The monoisotopic (exact) mass is 473 g/mol. The lowest BCUT2D eigenvalue weighted by Gasteiger charge is -2.21. The largest absolute Gasteiger partial charge is 0.381 e. The highest BCUT2D eigenvalue weighted by atomic mass is 35.5. The van der Waals surface area contributed by atoms with E-state index in [-0.39, 0.29) is 18.1 Å². The van der Waals surface area contributed by atoms with E-state index in [1.54, 1.807) is 6.20 Å². The third kappa shape index (κ3) is 4.82. The molecule has 2 aromatic carbocycles. The summed E-state index contributed by atoms with van der Waals surface area (Å²) in [6.07, 6.45) is 4.49. The zero-order valence-electron chi connectivity index (χ0n) is 19.7. The lowest BCUT2D eigenvalue weighted by Crippen LogP contribution is -2.16. The fourth-order valence-corrected chi connectivity index (χ4v) is 3.99. The Balaban J connectivity index is 1.85. The topological polar surface area (TPSA) is 91.5 Å². The van der Waals surface area contributed by atoms with Gasteiger partial charge in [0, 0.05) is 28.7 Å². The van der Waals surface area contributed by atoms with E-state index in [4.69, 9.17) is 11.6 Å². The van der Waals surface area contributed by atoms with Gasteiger partial charge in [-0.05, 0) is 44.9 Å². The lowest BCUT2D eigenvalue weighted by molar-refractivity contribution is 0.514. The van der Waals surface area contributed by atoms with Crippen molar-refractivity contribution >= 4 is 33.9 Å². The van der Waals surface area contributed by atoms with Crippen LogP contribution in [-0.2, 0) is 0 Å². The highest BCUT2D eigenvalue weighted by Gasteiger charge is 2.21. The predicted octanol–water partition coefficient (Wildman–Crippen LogP) is 6.34. The van der Waals surface area contributed by atoms with Gasteiger partial charge < -0.3 is 10.6 Å². The van der Waals surface area contributed by atoms with Crippen molar-refractivity contribution < 1.29 is 0 Å². The molecule has 0 saturated carbocycles. The molecular formula is C26H28ClN7. The Morgan fingerprint density at radius 2 is 1.88 bits per heavy atom. The minimum atomic E-state index is -0.265. The van der Waals surface area contributed by atoms with Crippen LogP contribution >= 0.6 is 11.6 Å². The first-order valence-electron chi connectivity index (χ1n) is 11.4. The summed E-state index contributed by atoms with van der Waals surface area (Å²) < 4.78 is 1.84. The van der Waals surface area contributed by atoms with Gasteiger partial charge in [0.05, 0.1) is 34.7 Å². The number of halogens is 1. The van der Waals surface area contributed by atoms with Gasteiger partial charge >= 0.3 is 0 Å². The maximum Gasteiger partial charge on any atom is 0.109 e. The van der Waals surface area contributed by atoms with Crippen LogP contribution in [0, 0.1) is 11.3 Å². The van der Waals surface area contributed by atoms with Crippen molar-refractivity contribution in [1.29, 1.82) is 5.26 Å². The molecule has 7 nitrogen and oxygen atoms in total. The number of anilines is 2. The number of nitrogens with zero attached hydrogens (tertiary/aromatic N) is 5. The van der Waals surface area contributed by atoms with Gasteiger partial charge in [-0.1, -0.05) is 54.1 Å². The Kier molecular flexibility index (Phi) is 6.99. The highest BCUT2D eigenvalue weighted by molar-refractivity contribution is 6.32. The number of hydrogen-bond acceptors (Lipinski definition) is 6. The second kappa shape index (κ2) is 10.1. The first kappa shape index (κ1) is 23.5. The van der Waals surface area contributed by atoms with Crippen molar-refractivity contribution in [1.82, 2.24) is 20.0 Å². The zero-order valence-corrected chi connectivity index (χ0v) is 20.5. The quantitative estimate of drug-likeness (QED) is 0.310. The van der Waals surface area contributed by atoms with E-state index in [0.29, 0.717) is 10.6 Å². The van der Waals surface area contributed by atoms with Gasteiger partial charge in [-0.2, -0.15) is 5.26 Å². The van der Waals surface area contributed by atoms with Crippen LogP contribution in [0.1, 0.15) is 63.0 Å². The molecule has 0 saturated heterocycles. The molecular weight excluding hydrogens is 446 g/mol. The summed E-state index contributed by atoms with van der Waals surface area (Å²) in [7, 11) is 0. The number of aromatic nitrogens is 4. The van der Waals surface area contributed by atoms with Gasteiger partial charge in [-0.3, -0.25) is 4.98 Å². The number of nitriles is 1. The summed E-state index contributed by atoms with van der Waals surface area (Å²) in [6.45, 7) is 8.31. The van der Waals surface area contributed by atoms with Crippen LogP contribution in [0.25, 0.3) is 10.9 Å². The Morgan fingerprint density at radius 1 is 1.12 bits per heavy atom. The first-order valence-corrected chi connectivity index (χ1v) is 11.8. The maximum absolute atomic E-state index is 9.70. The minimum absolute atomic E-state index is 0.191. The van der Waals surface area contributed by atoms with Crippen LogP contribution in [0.5, 0.6) is 0 Å². The number of fused-ring (bicyclic) bond motifs is 1. The van der Waals surface area contributed by atoms with Gasteiger partial charge in [0.1, 0.15) is 11.8 Å². The molecule has 0 fully saturated rings. The smallest absolute Gasteiger partial charge is 0.109 e. The third-order valence-corrected chi connectivity index (χ3v) is 6.06. The Bertz CT molecular complexity index is 1320. The highest BCUT2D eigenvalue weighted by Crippen LogP contribution is 2.36. The second-order valence-electron chi connectivity index (χ2n) is 8.67. The molecule has 34 heavy (non-hydrogen) atoms. The number of rotatable bonds is 8. The van der Waals surface area contributed by atoms with Gasteiger partial charge in [0.2, 0.25) is 0 Å². The van der Waals surface area contributed by atoms with Crippen LogP contribution in [0.3, 0.4) is 0 Å². The van der Waals surface area contributed by atoms with E-state index in [1.165, 1.54) is 0 Å². The molecule has 2 N–H and O–H groups in total. The molecule has 0 spiro atoms. The minimum Gasteiger partial charge on any atom is -0.381 e. The van der Waals surface area contributed by atoms with Crippen molar-refractivity contribution in [3.8, 4) is 6.07 Å². The fourth-order valence-electron chi connectivity index (χ4n) is 3.77. The summed E-state index contributed by atoms with van der Waals surface area (Å²) in [4.78, 5) is 4.64. The van der Waals surface area contributed by atoms with E-state index < -0.39 is 0 Å². The number of pyridine rings is 1. The number of hydrogen-bond donors (Lipinski definition) is 2. The SMILES string of the molecule is CC[C@@H](C)Nc1c(C#N)cnc2c(N[C@@H](c3ccccc3)c3cn(C(C)C)nn3)cc(Cl)cc12. The van der Waals surface area contributed by atoms with Crippen LogP contribution in [0.4, 0.5) is 11.4 Å². The molecule has 4 aromatic rings. The molecule has 0 aliphatic rings. The molecule has 174 valence electrons. The lowest BCUT2D eigenvalue weighted by atomic mass is 10.0. The summed E-state index contributed by atoms with van der Waals surface area (Å²) in [5.74, 6) is 0. The average molecular weight is 474 g/mol. The Labute approximate surface area is 204 Å². The van der Waals surface area contributed by atoms with E-state index in [0.717, 1.165) is 40.0 Å². The average Bonchev–Trinajstić information content (AvgIpc) is 3.33. The maximum atomic E-state index is 9.70. The molecule has 0 bridgehead atoms. The molecule has 2 aromatic heterocycles. The molecule has 0 unspecified atom stereocenters. The summed E-state index contributed by atoms with van der Waals surface area (Å²) in [5, 5.41) is 26.9. The molecule has 0 aliphatic heterocycles. The predicted molar refractivity (Wildman–Crippen MR) is 137 cm³/mol. The normalized spacial score (nSPS) is 13.0. The molecule has 4 rings (SSSR count). The summed E-state index contributed by atoms with van der Waals surface area (Å²) in [6, 6.07) is 16.2.